The van der Waals surface area contributed by atoms with Crippen LogP contribution in [0.25, 0.3) is 0 Å². The summed E-state index contributed by atoms with van der Waals surface area (Å²) in [7, 11) is 0. The van der Waals surface area contributed by atoms with Crippen molar-refractivity contribution in [2.45, 2.75) is 24.9 Å². The zero-order valence-corrected chi connectivity index (χ0v) is 11.6. The molecule has 1 aliphatic heterocycles. The maximum Gasteiger partial charge on any atom is 0.273 e. The van der Waals surface area contributed by atoms with E-state index < -0.39 is 0 Å². The average Bonchev–Trinajstić information content (AvgIpc) is 3.05. The number of amides is 1. The van der Waals surface area contributed by atoms with Crippen molar-refractivity contribution in [1.82, 2.24) is 25.6 Å². The molecule has 6 heteroatoms. The van der Waals surface area contributed by atoms with Gasteiger partial charge in [-0.15, -0.1) is 5.10 Å². The van der Waals surface area contributed by atoms with Crippen LogP contribution in [-0.4, -0.2) is 34.0 Å². The van der Waals surface area contributed by atoms with Crippen LogP contribution < -0.4 is 10.6 Å². The Labute approximate surface area is 122 Å². The van der Waals surface area contributed by atoms with E-state index in [0.29, 0.717) is 11.7 Å². The highest BCUT2D eigenvalue weighted by atomic mass is 16.2. The van der Waals surface area contributed by atoms with Crippen molar-refractivity contribution >= 4 is 5.91 Å². The lowest BCUT2D eigenvalue weighted by Crippen LogP contribution is -2.43. The standard InChI is InChI=1S/C15H17N5O/c21-15(14-9-20(19-18-14)11-7-16-8-11)17-13-6-5-10-3-1-2-4-12(10)13/h1-4,9,11,13,16H,5-8H2,(H,17,21). The van der Waals surface area contributed by atoms with E-state index >= 15 is 0 Å². The summed E-state index contributed by atoms with van der Waals surface area (Å²) in [5.74, 6) is -0.143. The molecule has 2 N–H and O–H groups in total. The van der Waals surface area contributed by atoms with Gasteiger partial charge >= 0.3 is 0 Å². The summed E-state index contributed by atoms with van der Waals surface area (Å²) in [5.41, 5.74) is 2.94. The van der Waals surface area contributed by atoms with E-state index in [1.165, 1.54) is 11.1 Å². The first-order valence-electron chi connectivity index (χ1n) is 7.32. The van der Waals surface area contributed by atoms with Gasteiger partial charge in [0.2, 0.25) is 0 Å². The molecule has 4 rings (SSSR count). The third-order valence-electron chi connectivity index (χ3n) is 4.32. The molecule has 0 saturated carbocycles. The molecule has 6 nitrogen and oxygen atoms in total. The molecule has 1 unspecified atom stereocenters. The monoisotopic (exact) mass is 283 g/mol. The molecule has 0 bridgehead atoms. The van der Waals surface area contributed by atoms with Crippen LogP contribution in [0.2, 0.25) is 0 Å². The Balaban J connectivity index is 1.47. The summed E-state index contributed by atoms with van der Waals surface area (Å²) < 4.78 is 1.77. The predicted molar refractivity (Wildman–Crippen MR) is 76.9 cm³/mol. The maximum absolute atomic E-state index is 12.3. The van der Waals surface area contributed by atoms with Crippen molar-refractivity contribution in [3.63, 3.8) is 0 Å². The van der Waals surface area contributed by atoms with Crippen LogP contribution in [0.4, 0.5) is 0 Å². The molecule has 0 spiro atoms. The van der Waals surface area contributed by atoms with E-state index in [1.807, 2.05) is 12.1 Å². The zero-order chi connectivity index (χ0) is 14.2. The summed E-state index contributed by atoms with van der Waals surface area (Å²) in [5, 5.41) is 14.3. The normalized spacial score (nSPS) is 20.9. The fraction of sp³-hybridized carbons (Fsp3) is 0.400. The largest absolute Gasteiger partial charge is 0.344 e. The molecule has 2 aliphatic rings. The number of carbonyl (C=O) groups excluding carboxylic acids is 1. The van der Waals surface area contributed by atoms with E-state index in [2.05, 4.69) is 33.1 Å². The fourth-order valence-electron chi connectivity index (χ4n) is 2.96. The third kappa shape index (κ3) is 2.21. The quantitative estimate of drug-likeness (QED) is 0.875. The van der Waals surface area contributed by atoms with E-state index in [1.54, 1.807) is 10.9 Å². The number of nitrogens with one attached hydrogen (secondary N) is 2. The van der Waals surface area contributed by atoms with Gasteiger partial charge in [0.1, 0.15) is 0 Å². The van der Waals surface area contributed by atoms with Crippen LogP contribution in [0.1, 0.15) is 40.1 Å². The highest BCUT2D eigenvalue weighted by Crippen LogP contribution is 2.30. The first kappa shape index (κ1) is 12.5. The predicted octanol–water partition coefficient (Wildman–Crippen LogP) is 0.840. The molecule has 1 aromatic carbocycles. The minimum atomic E-state index is -0.143. The van der Waals surface area contributed by atoms with Crippen molar-refractivity contribution in [2.75, 3.05) is 13.1 Å². The summed E-state index contributed by atoms with van der Waals surface area (Å²) in [6.07, 6.45) is 3.70. The Morgan fingerprint density at radius 2 is 2.19 bits per heavy atom. The molecule has 1 fully saturated rings. The number of fused-ring (bicyclic) bond motifs is 1. The van der Waals surface area contributed by atoms with Gasteiger partial charge in [0.15, 0.2) is 5.69 Å². The molecular weight excluding hydrogens is 266 g/mol. The lowest BCUT2D eigenvalue weighted by Gasteiger charge is -2.26. The summed E-state index contributed by atoms with van der Waals surface area (Å²) in [6.45, 7) is 1.78. The summed E-state index contributed by atoms with van der Waals surface area (Å²) >= 11 is 0. The van der Waals surface area contributed by atoms with Crippen LogP contribution in [0.15, 0.2) is 30.5 Å². The lowest BCUT2D eigenvalue weighted by atomic mass is 10.1. The van der Waals surface area contributed by atoms with Gasteiger partial charge in [-0.3, -0.25) is 4.79 Å². The highest BCUT2D eigenvalue weighted by Gasteiger charge is 2.26. The second kappa shape index (κ2) is 4.96. The number of carbonyl (C=O) groups is 1. The first-order valence-corrected chi connectivity index (χ1v) is 7.32. The van der Waals surface area contributed by atoms with E-state index in [4.69, 9.17) is 0 Å². The Kier molecular flexibility index (Phi) is 2.96. The van der Waals surface area contributed by atoms with Crippen LogP contribution in [0, 0.1) is 0 Å². The fourth-order valence-corrected chi connectivity index (χ4v) is 2.96. The Hall–Kier alpha value is -2.21. The van der Waals surface area contributed by atoms with Crippen molar-refractivity contribution in [3.05, 3.63) is 47.3 Å². The molecule has 21 heavy (non-hydrogen) atoms. The number of aromatic nitrogens is 3. The first-order chi connectivity index (χ1) is 10.3. The van der Waals surface area contributed by atoms with Crippen LogP contribution in [0.3, 0.4) is 0 Å². The van der Waals surface area contributed by atoms with Gasteiger partial charge < -0.3 is 10.6 Å². The van der Waals surface area contributed by atoms with Gasteiger partial charge in [-0.25, -0.2) is 4.68 Å². The molecule has 1 atom stereocenters. The van der Waals surface area contributed by atoms with Crippen molar-refractivity contribution < 1.29 is 4.79 Å². The van der Waals surface area contributed by atoms with Crippen molar-refractivity contribution in [2.24, 2.45) is 0 Å². The molecule has 2 aromatic rings. The second-order valence-electron chi connectivity index (χ2n) is 5.66. The molecular formula is C15H17N5O. The zero-order valence-electron chi connectivity index (χ0n) is 11.6. The summed E-state index contributed by atoms with van der Waals surface area (Å²) in [6, 6.07) is 8.69. The molecule has 0 radical (unpaired) electrons. The van der Waals surface area contributed by atoms with Gasteiger partial charge in [0.05, 0.1) is 18.3 Å². The Morgan fingerprint density at radius 1 is 1.33 bits per heavy atom. The van der Waals surface area contributed by atoms with Gasteiger partial charge in [0.25, 0.3) is 5.91 Å². The molecule has 2 heterocycles. The number of hydrogen-bond donors (Lipinski definition) is 2. The number of hydrogen-bond acceptors (Lipinski definition) is 4. The van der Waals surface area contributed by atoms with Crippen molar-refractivity contribution in [1.29, 1.82) is 0 Å². The molecule has 1 aromatic heterocycles. The number of aryl methyl sites for hydroxylation is 1. The van der Waals surface area contributed by atoms with E-state index in [0.717, 1.165) is 25.9 Å². The molecule has 108 valence electrons. The average molecular weight is 283 g/mol. The SMILES string of the molecule is O=C(NC1CCc2ccccc21)c1cn(C2CNC2)nn1. The minimum Gasteiger partial charge on any atom is -0.344 e. The Morgan fingerprint density at radius 3 is 3.00 bits per heavy atom. The van der Waals surface area contributed by atoms with Gasteiger partial charge in [0, 0.05) is 13.1 Å². The van der Waals surface area contributed by atoms with Crippen LogP contribution in [-0.2, 0) is 6.42 Å². The minimum absolute atomic E-state index is 0.0872. The smallest absolute Gasteiger partial charge is 0.273 e. The van der Waals surface area contributed by atoms with Gasteiger partial charge in [-0.1, -0.05) is 29.5 Å². The van der Waals surface area contributed by atoms with Gasteiger partial charge in [-0.05, 0) is 24.0 Å². The van der Waals surface area contributed by atoms with E-state index in [9.17, 15) is 4.79 Å². The third-order valence-corrected chi connectivity index (χ3v) is 4.32. The second-order valence-corrected chi connectivity index (χ2v) is 5.66. The Bertz CT molecular complexity index is 676. The highest BCUT2D eigenvalue weighted by molar-refractivity contribution is 5.92. The number of rotatable bonds is 3. The van der Waals surface area contributed by atoms with Crippen LogP contribution >= 0.6 is 0 Å². The topological polar surface area (TPSA) is 71.8 Å². The maximum atomic E-state index is 12.3. The molecule has 1 saturated heterocycles. The molecule has 1 aliphatic carbocycles. The van der Waals surface area contributed by atoms with E-state index in [-0.39, 0.29) is 11.9 Å². The lowest BCUT2D eigenvalue weighted by molar-refractivity contribution is 0.0931. The number of nitrogens with zero attached hydrogens (tertiary/aromatic N) is 3. The molecule has 1 amide bonds. The van der Waals surface area contributed by atoms with Crippen LogP contribution in [0.5, 0.6) is 0 Å². The number of benzene rings is 1. The summed E-state index contributed by atoms with van der Waals surface area (Å²) in [4.78, 5) is 12.3. The van der Waals surface area contributed by atoms with Crippen molar-refractivity contribution in [3.8, 4) is 0 Å². The van der Waals surface area contributed by atoms with Gasteiger partial charge in [-0.2, -0.15) is 0 Å².